The molecular weight excluding hydrogens is 221 g/mol. The monoisotopic (exact) mass is 239 g/mol. The van der Waals surface area contributed by atoms with Gasteiger partial charge in [-0.3, -0.25) is 4.79 Å². The number of rotatable bonds is 4. The van der Waals surface area contributed by atoms with Gasteiger partial charge in [0.2, 0.25) is 0 Å². The number of primary amides is 1. The summed E-state index contributed by atoms with van der Waals surface area (Å²) in [5, 5.41) is 3.02. The Morgan fingerprint density at radius 1 is 1.47 bits per heavy atom. The van der Waals surface area contributed by atoms with E-state index in [2.05, 4.69) is 5.32 Å². The maximum Gasteiger partial charge on any atom is 0.250 e. The topological polar surface area (TPSA) is 81.1 Å². The first-order valence-electron chi connectivity index (χ1n) is 5.44. The summed E-state index contributed by atoms with van der Waals surface area (Å²) < 4.78 is 13.7. The fourth-order valence-corrected chi connectivity index (χ4v) is 1.35. The predicted octanol–water partition coefficient (Wildman–Crippen LogP) is 2.11. The predicted molar refractivity (Wildman–Crippen MR) is 67.3 cm³/mol. The Morgan fingerprint density at radius 2 is 2.06 bits per heavy atom. The van der Waals surface area contributed by atoms with Crippen molar-refractivity contribution in [3.63, 3.8) is 0 Å². The van der Waals surface area contributed by atoms with Gasteiger partial charge < -0.3 is 16.8 Å². The Balaban J connectivity index is 3.17. The molecule has 0 heterocycles. The lowest BCUT2D eigenvalue weighted by Crippen LogP contribution is -2.30. The molecule has 0 bridgehead atoms. The first-order chi connectivity index (χ1) is 7.76. The number of halogens is 1. The fourth-order valence-electron chi connectivity index (χ4n) is 1.35. The number of nitrogen functional groups attached to an aromatic ring is 1. The van der Waals surface area contributed by atoms with Crippen LogP contribution in [0.5, 0.6) is 0 Å². The number of hydrogen-bond acceptors (Lipinski definition) is 3. The summed E-state index contributed by atoms with van der Waals surface area (Å²) in [6.07, 6.45) is 0.808. The standard InChI is InChI=1S/C12H18FN3O/c1-4-12(2,3)16-10-5-7(11(15)17)9(14)6-8(10)13/h5-6,16H,4,14H2,1-3H3,(H2,15,17). The van der Waals surface area contributed by atoms with E-state index >= 15 is 0 Å². The van der Waals surface area contributed by atoms with Gasteiger partial charge in [-0.05, 0) is 32.4 Å². The molecule has 4 nitrogen and oxygen atoms in total. The molecule has 0 saturated carbocycles. The van der Waals surface area contributed by atoms with E-state index in [-0.39, 0.29) is 22.5 Å². The van der Waals surface area contributed by atoms with E-state index in [4.69, 9.17) is 11.5 Å². The van der Waals surface area contributed by atoms with Crippen molar-refractivity contribution < 1.29 is 9.18 Å². The quantitative estimate of drug-likeness (QED) is 0.704. The van der Waals surface area contributed by atoms with Gasteiger partial charge in [0.25, 0.3) is 5.91 Å². The Labute approximate surface area is 100 Å². The molecule has 0 unspecified atom stereocenters. The zero-order valence-electron chi connectivity index (χ0n) is 10.3. The molecule has 0 aliphatic carbocycles. The van der Waals surface area contributed by atoms with Crippen molar-refractivity contribution >= 4 is 17.3 Å². The number of carbonyl (C=O) groups excluding carboxylic acids is 1. The molecule has 0 saturated heterocycles. The fraction of sp³-hybridized carbons (Fsp3) is 0.417. The minimum absolute atomic E-state index is 0.0508. The van der Waals surface area contributed by atoms with Gasteiger partial charge in [-0.25, -0.2) is 4.39 Å². The maximum atomic E-state index is 13.7. The molecule has 0 aromatic heterocycles. The lowest BCUT2D eigenvalue weighted by molar-refractivity contribution is 0.100. The highest BCUT2D eigenvalue weighted by Gasteiger charge is 2.18. The van der Waals surface area contributed by atoms with Crippen LogP contribution in [0.25, 0.3) is 0 Å². The van der Waals surface area contributed by atoms with E-state index in [1.165, 1.54) is 6.07 Å². The SMILES string of the molecule is CCC(C)(C)Nc1cc(C(N)=O)c(N)cc1F. The summed E-state index contributed by atoms with van der Waals surface area (Å²) in [5.41, 5.74) is 10.8. The van der Waals surface area contributed by atoms with Crippen LogP contribution in [0.15, 0.2) is 12.1 Å². The number of anilines is 2. The highest BCUT2D eigenvalue weighted by Crippen LogP contribution is 2.25. The second kappa shape index (κ2) is 4.61. The third-order valence-electron chi connectivity index (χ3n) is 2.76. The molecule has 0 fully saturated rings. The zero-order chi connectivity index (χ0) is 13.2. The van der Waals surface area contributed by atoms with Gasteiger partial charge in [-0.2, -0.15) is 0 Å². The third kappa shape index (κ3) is 3.09. The molecule has 1 aromatic rings. The van der Waals surface area contributed by atoms with Crippen LogP contribution in [0.2, 0.25) is 0 Å². The molecule has 1 amide bonds. The van der Waals surface area contributed by atoms with Crippen molar-refractivity contribution in [1.82, 2.24) is 0 Å². The van der Waals surface area contributed by atoms with Crippen molar-refractivity contribution in [3.05, 3.63) is 23.5 Å². The highest BCUT2D eigenvalue weighted by atomic mass is 19.1. The van der Waals surface area contributed by atoms with Crippen molar-refractivity contribution in [2.45, 2.75) is 32.7 Å². The first-order valence-corrected chi connectivity index (χ1v) is 5.44. The lowest BCUT2D eigenvalue weighted by Gasteiger charge is -2.26. The summed E-state index contributed by atoms with van der Waals surface area (Å²) >= 11 is 0. The molecule has 0 aliphatic heterocycles. The summed E-state index contributed by atoms with van der Waals surface area (Å²) in [4.78, 5) is 11.1. The first kappa shape index (κ1) is 13.3. The Kier molecular flexibility index (Phi) is 3.60. The summed E-state index contributed by atoms with van der Waals surface area (Å²) in [6.45, 7) is 5.86. The Hall–Kier alpha value is -1.78. The summed E-state index contributed by atoms with van der Waals surface area (Å²) in [6, 6.07) is 2.46. The van der Waals surface area contributed by atoms with Gasteiger partial charge in [0.1, 0.15) is 5.82 Å². The van der Waals surface area contributed by atoms with E-state index in [1.54, 1.807) is 0 Å². The molecule has 0 aliphatic rings. The number of hydrogen-bond donors (Lipinski definition) is 3. The van der Waals surface area contributed by atoms with Gasteiger partial charge in [0, 0.05) is 11.2 Å². The maximum absolute atomic E-state index is 13.7. The summed E-state index contributed by atoms with van der Waals surface area (Å²) in [5.74, 6) is -1.16. The zero-order valence-corrected chi connectivity index (χ0v) is 10.3. The van der Waals surface area contributed by atoms with E-state index in [1.807, 2.05) is 20.8 Å². The van der Waals surface area contributed by atoms with Gasteiger partial charge in [-0.1, -0.05) is 6.92 Å². The van der Waals surface area contributed by atoms with Crippen LogP contribution in [0.3, 0.4) is 0 Å². The number of nitrogens with one attached hydrogen (secondary N) is 1. The molecule has 5 N–H and O–H groups in total. The average Bonchev–Trinajstić information content (AvgIpc) is 2.21. The van der Waals surface area contributed by atoms with Crippen molar-refractivity contribution in [1.29, 1.82) is 0 Å². The number of nitrogens with two attached hydrogens (primary N) is 2. The molecule has 0 radical (unpaired) electrons. The van der Waals surface area contributed by atoms with Crippen LogP contribution in [0, 0.1) is 5.82 Å². The number of amides is 1. The Bertz CT molecular complexity index is 444. The third-order valence-corrected chi connectivity index (χ3v) is 2.76. The smallest absolute Gasteiger partial charge is 0.250 e. The van der Waals surface area contributed by atoms with Crippen LogP contribution in [-0.2, 0) is 0 Å². The molecule has 0 atom stereocenters. The number of carbonyl (C=O) groups is 1. The van der Waals surface area contributed by atoms with E-state index in [0.29, 0.717) is 0 Å². The van der Waals surface area contributed by atoms with E-state index in [0.717, 1.165) is 12.5 Å². The molecule has 1 aromatic carbocycles. The van der Waals surface area contributed by atoms with E-state index < -0.39 is 11.7 Å². The van der Waals surface area contributed by atoms with Crippen molar-refractivity contribution in [2.24, 2.45) is 5.73 Å². The molecule has 94 valence electrons. The molecule has 17 heavy (non-hydrogen) atoms. The molecule has 0 spiro atoms. The minimum Gasteiger partial charge on any atom is -0.398 e. The Morgan fingerprint density at radius 3 is 2.53 bits per heavy atom. The lowest BCUT2D eigenvalue weighted by atomic mass is 10.0. The summed E-state index contributed by atoms with van der Waals surface area (Å²) in [7, 11) is 0. The van der Waals surface area contributed by atoms with Gasteiger partial charge >= 0.3 is 0 Å². The normalized spacial score (nSPS) is 11.3. The largest absolute Gasteiger partial charge is 0.398 e. The second-order valence-electron chi connectivity index (χ2n) is 4.65. The van der Waals surface area contributed by atoms with Gasteiger partial charge in [0.05, 0.1) is 11.3 Å². The van der Waals surface area contributed by atoms with E-state index in [9.17, 15) is 9.18 Å². The van der Waals surface area contributed by atoms with Crippen LogP contribution in [-0.4, -0.2) is 11.4 Å². The molecule has 1 rings (SSSR count). The minimum atomic E-state index is -0.667. The van der Waals surface area contributed by atoms with Crippen LogP contribution >= 0.6 is 0 Å². The molecule has 5 heteroatoms. The van der Waals surface area contributed by atoms with Gasteiger partial charge in [0.15, 0.2) is 0 Å². The van der Waals surface area contributed by atoms with Crippen molar-refractivity contribution in [3.8, 4) is 0 Å². The second-order valence-corrected chi connectivity index (χ2v) is 4.65. The van der Waals surface area contributed by atoms with Gasteiger partial charge in [-0.15, -0.1) is 0 Å². The van der Waals surface area contributed by atoms with Crippen LogP contribution in [0.4, 0.5) is 15.8 Å². The van der Waals surface area contributed by atoms with Crippen LogP contribution in [0.1, 0.15) is 37.6 Å². The van der Waals surface area contributed by atoms with Crippen molar-refractivity contribution in [2.75, 3.05) is 11.1 Å². The van der Waals surface area contributed by atoms with Crippen LogP contribution < -0.4 is 16.8 Å². The molecular formula is C12H18FN3O. The highest BCUT2D eigenvalue weighted by molar-refractivity contribution is 5.99. The number of benzene rings is 1. The average molecular weight is 239 g/mol.